The highest BCUT2D eigenvalue weighted by atomic mass is 32.2. The van der Waals surface area contributed by atoms with E-state index < -0.39 is 30.5 Å². The van der Waals surface area contributed by atoms with E-state index in [2.05, 4.69) is 4.99 Å². The lowest BCUT2D eigenvalue weighted by molar-refractivity contribution is -0.181. The predicted octanol–water partition coefficient (Wildman–Crippen LogP) is -1.15. The first-order valence-corrected chi connectivity index (χ1v) is 6.41. The van der Waals surface area contributed by atoms with Crippen molar-refractivity contribution in [1.29, 1.82) is 0 Å². The monoisotopic (exact) mass is 262 g/mol. The standard InChI is InChI=1S/C10H18N2O4S/c1-4(13)8-7(15)6(14)5-9(16-8)17-10(11-5)12(2)3/h4-9,13-15H,1-3H3/t4-,5+,6+,7-,8?,9?/m0/s1. The van der Waals surface area contributed by atoms with Crippen LogP contribution in [0.4, 0.5) is 0 Å². The maximum absolute atomic E-state index is 9.99. The lowest BCUT2D eigenvalue weighted by Crippen LogP contribution is -2.57. The number of fused-ring (bicyclic) bond motifs is 1. The van der Waals surface area contributed by atoms with Gasteiger partial charge < -0.3 is 25.0 Å². The van der Waals surface area contributed by atoms with E-state index in [0.29, 0.717) is 0 Å². The first-order valence-electron chi connectivity index (χ1n) is 5.53. The summed E-state index contributed by atoms with van der Waals surface area (Å²) in [5, 5.41) is 30.1. The average Bonchev–Trinajstić information content (AvgIpc) is 2.67. The molecule has 6 atom stereocenters. The number of aliphatic hydroxyl groups excluding tert-OH is 3. The molecule has 0 aliphatic carbocycles. The molecule has 6 nitrogen and oxygen atoms in total. The van der Waals surface area contributed by atoms with Crippen LogP contribution in [0.2, 0.25) is 0 Å². The summed E-state index contributed by atoms with van der Waals surface area (Å²) in [5.74, 6) is 0. The fourth-order valence-corrected chi connectivity index (χ4v) is 3.14. The molecule has 3 N–H and O–H groups in total. The van der Waals surface area contributed by atoms with Gasteiger partial charge in [-0.05, 0) is 6.92 Å². The Morgan fingerprint density at radius 3 is 2.53 bits per heavy atom. The zero-order valence-corrected chi connectivity index (χ0v) is 10.8. The van der Waals surface area contributed by atoms with Crippen molar-refractivity contribution in [3.8, 4) is 0 Å². The quantitative estimate of drug-likeness (QED) is 0.553. The second-order valence-corrected chi connectivity index (χ2v) is 5.67. The molecule has 1 fully saturated rings. The summed E-state index contributed by atoms with van der Waals surface area (Å²) < 4.78 is 5.60. The highest BCUT2D eigenvalue weighted by Gasteiger charge is 2.49. The van der Waals surface area contributed by atoms with Gasteiger partial charge in [0.2, 0.25) is 0 Å². The van der Waals surface area contributed by atoms with Gasteiger partial charge in [-0.25, -0.2) is 0 Å². The largest absolute Gasteiger partial charge is 0.391 e. The molecule has 0 aromatic rings. The van der Waals surface area contributed by atoms with Crippen LogP contribution >= 0.6 is 11.8 Å². The van der Waals surface area contributed by atoms with Gasteiger partial charge in [0.15, 0.2) is 5.17 Å². The molecule has 1 saturated heterocycles. The van der Waals surface area contributed by atoms with Crippen LogP contribution in [0.5, 0.6) is 0 Å². The Kier molecular flexibility index (Phi) is 3.65. The van der Waals surface area contributed by atoms with Gasteiger partial charge >= 0.3 is 0 Å². The Balaban J connectivity index is 2.15. The molecule has 0 amide bonds. The van der Waals surface area contributed by atoms with Gasteiger partial charge in [-0.2, -0.15) is 0 Å². The molecule has 0 aromatic heterocycles. The van der Waals surface area contributed by atoms with Crippen molar-refractivity contribution in [2.45, 2.75) is 42.8 Å². The first-order chi connectivity index (χ1) is 7.91. The average molecular weight is 262 g/mol. The molecule has 2 aliphatic heterocycles. The van der Waals surface area contributed by atoms with Gasteiger partial charge in [0.05, 0.1) is 6.10 Å². The molecule has 2 aliphatic rings. The molecule has 2 rings (SSSR count). The third-order valence-electron chi connectivity index (χ3n) is 2.95. The zero-order valence-electron chi connectivity index (χ0n) is 10.0. The molecule has 17 heavy (non-hydrogen) atoms. The smallest absolute Gasteiger partial charge is 0.161 e. The minimum atomic E-state index is -1.11. The highest BCUT2D eigenvalue weighted by Crippen LogP contribution is 2.37. The van der Waals surface area contributed by atoms with Crippen molar-refractivity contribution in [2.75, 3.05) is 14.1 Å². The third-order valence-corrected chi connectivity index (χ3v) is 4.25. The minimum absolute atomic E-state index is 0.342. The van der Waals surface area contributed by atoms with Gasteiger partial charge in [0.25, 0.3) is 0 Å². The maximum atomic E-state index is 9.99. The lowest BCUT2D eigenvalue weighted by atomic mass is 9.95. The topological polar surface area (TPSA) is 85.5 Å². The summed E-state index contributed by atoms with van der Waals surface area (Å²) in [6.45, 7) is 1.54. The molecule has 98 valence electrons. The third kappa shape index (κ3) is 2.30. The van der Waals surface area contributed by atoms with E-state index in [1.807, 2.05) is 19.0 Å². The van der Waals surface area contributed by atoms with Gasteiger partial charge in [-0.15, -0.1) is 0 Å². The van der Waals surface area contributed by atoms with E-state index in [-0.39, 0.29) is 5.44 Å². The lowest BCUT2D eigenvalue weighted by Gasteiger charge is -2.39. The second kappa shape index (κ2) is 4.74. The predicted molar refractivity (Wildman–Crippen MR) is 64.9 cm³/mol. The second-order valence-electron chi connectivity index (χ2n) is 4.61. The van der Waals surface area contributed by atoms with Crippen molar-refractivity contribution < 1.29 is 20.1 Å². The van der Waals surface area contributed by atoms with Crippen LogP contribution in [-0.2, 0) is 4.74 Å². The Labute approximate surface area is 104 Å². The van der Waals surface area contributed by atoms with E-state index in [1.54, 1.807) is 0 Å². The number of aliphatic imine (C=N–C) groups is 1. The fourth-order valence-electron chi connectivity index (χ4n) is 1.99. The molecule has 0 radical (unpaired) electrons. The Hall–Kier alpha value is -0.340. The Morgan fingerprint density at radius 1 is 1.35 bits per heavy atom. The van der Waals surface area contributed by atoms with Gasteiger partial charge in [0.1, 0.15) is 29.8 Å². The van der Waals surface area contributed by atoms with Crippen LogP contribution in [0.3, 0.4) is 0 Å². The van der Waals surface area contributed by atoms with E-state index in [0.717, 1.165) is 5.17 Å². The zero-order chi connectivity index (χ0) is 12.7. The van der Waals surface area contributed by atoms with Crippen LogP contribution in [0.25, 0.3) is 0 Å². The van der Waals surface area contributed by atoms with Crippen LogP contribution in [0, 0.1) is 0 Å². The number of aliphatic hydroxyl groups is 3. The van der Waals surface area contributed by atoms with Crippen molar-refractivity contribution >= 4 is 16.9 Å². The Morgan fingerprint density at radius 2 is 2.00 bits per heavy atom. The first kappa shape index (κ1) is 13.1. The molecular weight excluding hydrogens is 244 g/mol. The number of ether oxygens (including phenoxy) is 1. The summed E-state index contributed by atoms with van der Waals surface area (Å²) in [4.78, 5) is 6.16. The van der Waals surface area contributed by atoms with Crippen LogP contribution in [0.1, 0.15) is 6.92 Å². The number of hydrogen-bond donors (Lipinski definition) is 3. The number of thioether (sulfide) groups is 1. The molecule has 0 saturated carbocycles. The van der Waals surface area contributed by atoms with Gasteiger partial charge in [-0.1, -0.05) is 11.8 Å². The molecule has 2 unspecified atom stereocenters. The van der Waals surface area contributed by atoms with Crippen molar-refractivity contribution in [1.82, 2.24) is 4.90 Å². The summed E-state index contributed by atoms with van der Waals surface area (Å²) in [6, 6.07) is -0.470. The highest BCUT2D eigenvalue weighted by molar-refractivity contribution is 8.14. The van der Waals surface area contributed by atoms with E-state index in [1.165, 1.54) is 18.7 Å². The van der Waals surface area contributed by atoms with Gasteiger partial charge in [0, 0.05) is 14.1 Å². The summed E-state index contributed by atoms with van der Waals surface area (Å²) in [5.41, 5.74) is -0.342. The van der Waals surface area contributed by atoms with Crippen LogP contribution in [0.15, 0.2) is 4.99 Å². The Bertz CT molecular complexity index is 323. The number of amidine groups is 1. The summed E-state index contributed by atoms with van der Waals surface area (Å²) in [7, 11) is 3.72. The van der Waals surface area contributed by atoms with E-state index in [4.69, 9.17) is 4.74 Å². The van der Waals surface area contributed by atoms with Crippen LogP contribution < -0.4 is 0 Å². The van der Waals surface area contributed by atoms with Crippen molar-refractivity contribution in [3.63, 3.8) is 0 Å². The number of nitrogens with zero attached hydrogens (tertiary/aromatic N) is 2. The maximum Gasteiger partial charge on any atom is 0.161 e. The summed E-state index contributed by atoms with van der Waals surface area (Å²) in [6.07, 6.45) is -3.71. The fraction of sp³-hybridized carbons (Fsp3) is 0.900. The number of rotatable bonds is 1. The van der Waals surface area contributed by atoms with Crippen molar-refractivity contribution in [3.05, 3.63) is 0 Å². The van der Waals surface area contributed by atoms with Crippen molar-refractivity contribution in [2.24, 2.45) is 4.99 Å². The van der Waals surface area contributed by atoms with E-state index >= 15 is 0 Å². The molecule has 0 spiro atoms. The number of hydrogen-bond acceptors (Lipinski definition) is 7. The summed E-state index contributed by atoms with van der Waals surface area (Å²) >= 11 is 1.40. The van der Waals surface area contributed by atoms with Crippen LogP contribution in [-0.4, -0.2) is 75.4 Å². The molecular formula is C10H18N2O4S. The normalized spacial score (nSPS) is 42.9. The van der Waals surface area contributed by atoms with Gasteiger partial charge in [-0.3, -0.25) is 4.99 Å². The minimum Gasteiger partial charge on any atom is -0.391 e. The molecule has 0 aromatic carbocycles. The molecule has 7 heteroatoms. The SMILES string of the molecule is C[C@H](O)C1OC2SC(N(C)C)=N[C@@H]2[C@@H](O)[C@@H]1O. The molecule has 2 heterocycles. The van der Waals surface area contributed by atoms with E-state index in [9.17, 15) is 15.3 Å². The molecule has 0 bridgehead atoms.